The molecule has 1 saturated heterocycles. The molecule has 1 aromatic heterocycles. The lowest BCUT2D eigenvalue weighted by Gasteiger charge is -2.42. The van der Waals surface area contributed by atoms with Crippen molar-refractivity contribution in [2.45, 2.75) is 24.9 Å². The van der Waals surface area contributed by atoms with Crippen LogP contribution in [0.3, 0.4) is 0 Å². The third-order valence-corrected chi connectivity index (χ3v) is 3.48. The van der Waals surface area contributed by atoms with Crippen LogP contribution in [0.5, 0.6) is 0 Å². The Morgan fingerprint density at radius 2 is 2.21 bits per heavy atom. The van der Waals surface area contributed by atoms with E-state index in [4.69, 9.17) is 4.74 Å². The zero-order valence-corrected chi connectivity index (χ0v) is 8.33. The number of nitrogens with one attached hydrogen (secondary N) is 1. The molecule has 1 fully saturated rings. The highest BCUT2D eigenvalue weighted by Crippen LogP contribution is 2.34. The van der Waals surface area contributed by atoms with Gasteiger partial charge in [-0.2, -0.15) is 0 Å². The Kier molecular flexibility index (Phi) is 1.89. The summed E-state index contributed by atoms with van der Waals surface area (Å²) in [7, 11) is 0. The highest BCUT2D eigenvalue weighted by Gasteiger charge is 2.37. The molecule has 0 atom stereocenters. The molecule has 3 heterocycles. The topological polar surface area (TPSA) is 26.2 Å². The Hall–Kier alpha value is -0.800. The third kappa shape index (κ3) is 1.12. The third-order valence-electron chi connectivity index (χ3n) is 3.48. The van der Waals surface area contributed by atoms with Crippen molar-refractivity contribution >= 4 is 0 Å². The van der Waals surface area contributed by atoms with E-state index >= 15 is 0 Å². The molecule has 3 rings (SSSR count). The SMILES string of the molecule is c1cc2n(c1)CCNC21CCOCC1. The van der Waals surface area contributed by atoms with Crippen molar-refractivity contribution in [2.75, 3.05) is 19.8 Å². The number of aromatic nitrogens is 1. The van der Waals surface area contributed by atoms with Crippen molar-refractivity contribution in [1.29, 1.82) is 0 Å². The number of hydrogen-bond acceptors (Lipinski definition) is 2. The van der Waals surface area contributed by atoms with Gasteiger partial charge in [0.15, 0.2) is 0 Å². The summed E-state index contributed by atoms with van der Waals surface area (Å²) in [5, 5.41) is 3.68. The summed E-state index contributed by atoms with van der Waals surface area (Å²) in [5.74, 6) is 0. The van der Waals surface area contributed by atoms with Crippen LogP contribution in [0.15, 0.2) is 18.3 Å². The molecule has 0 aromatic carbocycles. The Balaban J connectivity index is 2.01. The van der Waals surface area contributed by atoms with Gasteiger partial charge in [-0.3, -0.25) is 0 Å². The maximum absolute atomic E-state index is 5.44. The van der Waals surface area contributed by atoms with Gasteiger partial charge in [0.1, 0.15) is 0 Å². The smallest absolute Gasteiger partial charge is 0.0633 e. The van der Waals surface area contributed by atoms with E-state index in [1.54, 1.807) is 0 Å². The predicted molar refractivity (Wildman–Crippen MR) is 54.2 cm³/mol. The lowest BCUT2D eigenvalue weighted by atomic mass is 9.85. The molecular weight excluding hydrogens is 176 g/mol. The lowest BCUT2D eigenvalue weighted by molar-refractivity contribution is 0.0283. The molecule has 0 radical (unpaired) electrons. The maximum atomic E-state index is 5.44. The first kappa shape index (κ1) is 8.50. The quantitative estimate of drug-likeness (QED) is 0.666. The van der Waals surface area contributed by atoms with Crippen LogP contribution in [-0.2, 0) is 16.8 Å². The minimum Gasteiger partial charge on any atom is -0.381 e. The minimum atomic E-state index is 0.208. The van der Waals surface area contributed by atoms with E-state index < -0.39 is 0 Å². The van der Waals surface area contributed by atoms with Crippen LogP contribution in [0.4, 0.5) is 0 Å². The first-order chi connectivity index (χ1) is 6.91. The van der Waals surface area contributed by atoms with Crippen LogP contribution in [0.1, 0.15) is 18.5 Å². The molecule has 0 amide bonds. The van der Waals surface area contributed by atoms with Gasteiger partial charge in [0, 0.05) is 38.2 Å². The van der Waals surface area contributed by atoms with E-state index in [0.717, 1.165) is 39.1 Å². The van der Waals surface area contributed by atoms with Crippen molar-refractivity contribution in [3.8, 4) is 0 Å². The number of hydrogen-bond donors (Lipinski definition) is 1. The first-order valence-corrected chi connectivity index (χ1v) is 5.39. The van der Waals surface area contributed by atoms with Crippen molar-refractivity contribution in [2.24, 2.45) is 0 Å². The van der Waals surface area contributed by atoms with Crippen LogP contribution >= 0.6 is 0 Å². The van der Waals surface area contributed by atoms with Crippen LogP contribution in [-0.4, -0.2) is 24.3 Å². The molecule has 0 saturated carbocycles. The normalized spacial score (nSPS) is 24.9. The lowest BCUT2D eigenvalue weighted by Crippen LogP contribution is -2.52. The van der Waals surface area contributed by atoms with E-state index in [0.29, 0.717) is 0 Å². The summed E-state index contributed by atoms with van der Waals surface area (Å²) in [6, 6.07) is 4.40. The number of rotatable bonds is 0. The van der Waals surface area contributed by atoms with Gasteiger partial charge in [0.25, 0.3) is 0 Å². The second-order valence-electron chi connectivity index (χ2n) is 4.21. The molecule has 2 aliphatic rings. The van der Waals surface area contributed by atoms with Crippen LogP contribution in [0.25, 0.3) is 0 Å². The molecule has 1 N–H and O–H groups in total. The fourth-order valence-corrected chi connectivity index (χ4v) is 2.70. The van der Waals surface area contributed by atoms with E-state index in [2.05, 4.69) is 28.2 Å². The van der Waals surface area contributed by atoms with Crippen LogP contribution in [0, 0.1) is 0 Å². The zero-order chi connectivity index (χ0) is 9.43. The van der Waals surface area contributed by atoms with Gasteiger partial charge in [-0.05, 0) is 25.0 Å². The standard InChI is InChI=1S/C11H16N2O/c1-2-10-11(3-8-14-9-4-11)12-5-7-13(10)6-1/h1-2,6,12H,3-5,7-9H2. The fraction of sp³-hybridized carbons (Fsp3) is 0.636. The van der Waals surface area contributed by atoms with Crippen molar-refractivity contribution in [1.82, 2.24) is 9.88 Å². The fourth-order valence-electron chi connectivity index (χ4n) is 2.70. The summed E-state index contributed by atoms with van der Waals surface area (Å²) in [5.41, 5.74) is 1.66. The summed E-state index contributed by atoms with van der Waals surface area (Å²) in [4.78, 5) is 0. The van der Waals surface area contributed by atoms with Gasteiger partial charge in [0.2, 0.25) is 0 Å². The first-order valence-electron chi connectivity index (χ1n) is 5.39. The molecule has 0 unspecified atom stereocenters. The zero-order valence-electron chi connectivity index (χ0n) is 8.33. The van der Waals surface area contributed by atoms with E-state index in [9.17, 15) is 0 Å². The van der Waals surface area contributed by atoms with Crippen molar-refractivity contribution in [3.63, 3.8) is 0 Å². The minimum absolute atomic E-state index is 0.208. The van der Waals surface area contributed by atoms with E-state index in [1.165, 1.54) is 5.69 Å². The second-order valence-corrected chi connectivity index (χ2v) is 4.21. The number of fused-ring (bicyclic) bond motifs is 2. The molecule has 1 spiro atoms. The largest absolute Gasteiger partial charge is 0.381 e. The Morgan fingerprint density at radius 1 is 1.36 bits per heavy atom. The molecule has 0 aliphatic carbocycles. The van der Waals surface area contributed by atoms with Gasteiger partial charge < -0.3 is 14.6 Å². The highest BCUT2D eigenvalue weighted by molar-refractivity contribution is 5.21. The van der Waals surface area contributed by atoms with Crippen molar-refractivity contribution in [3.05, 3.63) is 24.0 Å². The van der Waals surface area contributed by atoms with Gasteiger partial charge in [0.05, 0.1) is 5.54 Å². The Bertz CT molecular complexity index is 326. The van der Waals surface area contributed by atoms with Gasteiger partial charge in [-0.15, -0.1) is 0 Å². The van der Waals surface area contributed by atoms with E-state index in [-0.39, 0.29) is 5.54 Å². The molecule has 2 aliphatic heterocycles. The Morgan fingerprint density at radius 3 is 3.07 bits per heavy atom. The van der Waals surface area contributed by atoms with Gasteiger partial charge in [-0.1, -0.05) is 0 Å². The molecule has 0 bridgehead atoms. The number of ether oxygens (including phenoxy) is 1. The summed E-state index contributed by atoms with van der Waals surface area (Å²) in [6.45, 7) is 3.96. The predicted octanol–water partition coefficient (Wildman–Crippen LogP) is 1.10. The Labute approximate surface area is 84.1 Å². The molecular formula is C11H16N2O. The summed E-state index contributed by atoms with van der Waals surface area (Å²) < 4.78 is 7.82. The average molecular weight is 192 g/mol. The highest BCUT2D eigenvalue weighted by atomic mass is 16.5. The summed E-state index contributed by atoms with van der Waals surface area (Å²) >= 11 is 0. The van der Waals surface area contributed by atoms with Gasteiger partial charge >= 0.3 is 0 Å². The molecule has 3 heteroatoms. The second kappa shape index (κ2) is 3.11. The van der Waals surface area contributed by atoms with Crippen molar-refractivity contribution < 1.29 is 4.74 Å². The van der Waals surface area contributed by atoms with Gasteiger partial charge in [-0.25, -0.2) is 0 Å². The molecule has 76 valence electrons. The molecule has 1 aromatic rings. The molecule has 3 nitrogen and oxygen atoms in total. The monoisotopic (exact) mass is 192 g/mol. The summed E-state index contributed by atoms with van der Waals surface area (Å²) in [6.07, 6.45) is 4.40. The number of nitrogens with zero attached hydrogens (tertiary/aromatic N) is 1. The van der Waals surface area contributed by atoms with Crippen LogP contribution < -0.4 is 5.32 Å². The van der Waals surface area contributed by atoms with E-state index in [1.807, 2.05) is 0 Å². The molecule has 14 heavy (non-hydrogen) atoms. The van der Waals surface area contributed by atoms with Crippen LogP contribution in [0.2, 0.25) is 0 Å². The maximum Gasteiger partial charge on any atom is 0.0633 e. The average Bonchev–Trinajstić information content (AvgIpc) is 2.69.